The van der Waals surface area contributed by atoms with E-state index in [-0.39, 0.29) is 42.5 Å². The summed E-state index contributed by atoms with van der Waals surface area (Å²) in [6.45, 7) is 13.8. The van der Waals surface area contributed by atoms with Crippen molar-refractivity contribution in [2.75, 3.05) is 0 Å². The van der Waals surface area contributed by atoms with E-state index < -0.39 is 29.9 Å². The van der Waals surface area contributed by atoms with Gasteiger partial charge in [-0.3, -0.25) is 9.59 Å². The maximum absolute atomic E-state index is 12.8. The summed E-state index contributed by atoms with van der Waals surface area (Å²) in [5.41, 5.74) is 0.503. The number of epoxide rings is 1. The quantitative estimate of drug-likeness (QED) is 0.101. The molecule has 3 rings (SSSR count). The first-order valence-corrected chi connectivity index (χ1v) is 17.0. The van der Waals surface area contributed by atoms with Gasteiger partial charge in [-0.15, -0.1) is 0 Å². The van der Waals surface area contributed by atoms with Crippen LogP contribution in [-0.2, 0) is 30.3 Å². The molecule has 1 saturated heterocycles. The minimum absolute atomic E-state index is 0.0295. The maximum Gasteiger partial charge on any atom is 0.309 e. The van der Waals surface area contributed by atoms with Gasteiger partial charge in [0.05, 0.1) is 30.3 Å². The van der Waals surface area contributed by atoms with Crippen LogP contribution in [0.25, 0.3) is 0 Å². The fourth-order valence-electron chi connectivity index (χ4n) is 6.25. The van der Waals surface area contributed by atoms with Gasteiger partial charge in [-0.2, -0.15) is 0 Å². The Labute approximate surface area is 280 Å². The minimum Gasteiger partial charge on any atom is -0.458 e. The normalized spacial score (nSPS) is 30.4. The van der Waals surface area contributed by atoms with E-state index in [2.05, 4.69) is 19.2 Å². The predicted octanol–water partition coefficient (Wildman–Crippen LogP) is 6.47. The first-order chi connectivity index (χ1) is 21.7. The Kier molecular flexibility index (Phi) is 14.5. The molecule has 10 atom stereocenters. The number of benzene rings is 1. The van der Waals surface area contributed by atoms with Crippen LogP contribution in [0.5, 0.6) is 0 Å². The first-order valence-electron chi connectivity index (χ1n) is 16.7. The average molecular weight is 660 g/mol. The fourth-order valence-corrected chi connectivity index (χ4v) is 6.46. The van der Waals surface area contributed by atoms with E-state index in [4.69, 9.17) is 25.8 Å². The minimum atomic E-state index is -1.27. The Morgan fingerprint density at radius 2 is 1.96 bits per heavy atom. The number of carbonyl (C=O) groups excluding carboxylic acids is 2. The van der Waals surface area contributed by atoms with Gasteiger partial charge < -0.3 is 29.7 Å². The number of hydrogen-bond acceptors (Lipinski definition) is 8. The zero-order chi connectivity index (χ0) is 34.0. The van der Waals surface area contributed by atoms with Gasteiger partial charge in [0.25, 0.3) is 0 Å². The molecular formula is C37H54ClNO7. The lowest BCUT2D eigenvalue weighted by atomic mass is 9.87. The van der Waals surface area contributed by atoms with Crippen LogP contribution in [0.15, 0.2) is 60.2 Å². The number of hydrogen-bond donors (Lipinski definition) is 3. The second kappa shape index (κ2) is 17.6. The van der Waals surface area contributed by atoms with E-state index >= 15 is 0 Å². The average Bonchev–Trinajstić information content (AvgIpc) is 3.76. The molecule has 46 heavy (non-hydrogen) atoms. The van der Waals surface area contributed by atoms with Crippen LogP contribution in [-0.4, -0.2) is 64.3 Å². The van der Waals surface area contributed by atoms with Gasteiger partial charge in [0.1, 0.15) is 18.3 Å². The SMILES string of the molecule is CCCC(C)C1OC1C(NCc1cccc(Cl)c1)C(C)(O)C=CC=C(C)C1OC(=O)CC(O)CCC(C)C(OC(C)=O)C=CC1C. The molecule has 1 aromatic carbocycles. The Bertz CT molecular complexity index is 1240. The summed E-state index contributed by atoms with van der Waals surface area (Å²) in [5, 5.41) is 26.4. The topological polar surface area (TPSA) is 118 Å². The maximum atomic E-state index is 12.8. The van der Waals surface area contributed by atoms with Crippen LogP contribution >= 0.6 is 11.6 Å². The Balaban J connectivity index is 1.83. The number of aliphatic hydroxyl groups is 2. The van der Waals surface area contributed by atoms with Crippen LogP contribution in [0.1, 0.15) is 86.1 Å². The molecule has 2 heterocycles. The third kappa shape index (κ3) is 11.6. The van der Waals surface area contributed by atoms with E-state index in [1.807, 2.05) is 63.3 Å². The van der Waals surface area contributed by atoms with Gasteiger partial charge in [-0.25, -0.2) is 0 Å². The van der Waals surface area contributed by atoms with E-state index in [0.717, 1.165) is 24.0 Å². The van der Waals surface area contributed by atoms with E-state index in [0.29, 0.717) is 30.3 Å². The summed E-state index contributed by atoms with van der Waals surface area (Å²) in [4.78, 5) is 24.6. The number of allylic oxidation sites excluding steroid dienone is 2. The third-order valence-electron chi connectivity index (χ3n) is 9.04. The summed E-state index contributed by atoms with van der Waals surface area (Å²) in [7, 11) is 0. The van der Waals surface area contributed by atoms with Crippen LogP contribution in [0.3, 0.4) is 0 Å². The molecule has 256 valence electrons. The molecule has 9 heteroatoms. The predicted molar refractivity (Wildman–Crippen MR) is 181 cm³/mol. The molecule has 0 bridgehead atoms. The zero-order valence-corrected chi connectivity index (χ0v) is 29.2. The molecule has 1 fully saturated rings. The highest BCUT2D eigenvalue weighted by Gasteiger charge is 2.52. The van der Waals surface area contributed by atoms with Crippen molar-refractivity contribution in [3.63, 3.8) is 0 Å². The summed E-state index contributed by atoms with van der Waals surface area (Å²) < 4.78 is 17.6. The highest BCUT2D eigenvalue weighted by molar-refractivity contribution is 6.30. The summed E-state index contributed by atoms with van der Waals surface area (Å²) in [6.07, 6.45) is 10.1. The van der Waals surface area contributed by atoms with Crippen molar-refractivity contribution < 1.29 is 34.0 Å². The molecule has 2 aliphatic rings. The van der Waals surface area contributed by atoms with Gasteiger partial charge in [-0.05, 0) is 74.3 Å². The highest BCUT2D eigenvalue weighted by atomic mass is 35.5. The number of carbonyl (C=O) groups is 2. The van der Waals surface area contributed by atoms with Crippen molar-refractivity contribution in [3.05, 3.63) is 70.8 Å². The molecule has 0 aliphatic carbocycles. The molecule has 0 amide bonds. The van der Waals surface area contributed by atoms with E-state index in [1.54, 1.807) is 19.1 Å². The fraction of sp³-hybridized carbons (Fsp3) is 0.622. The molecule has 10 unspecified atom stereocenters. The number of nitrogens with one attached hydrogen (secondary N) is 1. The lowest BCUT2D eigenvalue weighted by molar-refractivity contribution is -0.151. The lowest BCUT2D eigenvalue weighted by Gasteiger charge is -2.31. The van der Waals surface area contributed by atoms with Crippen molar-refractivity contribution in [3.8, 4) is 0 Å². The van der Waals surface area contributed by atoms with Crippen molar-refractivity contribution in [1.29, 1.82) is 0 Å². The Hall–Kier alpha value is -2.49. The summed E-state index contributed by atoms with van der Waals surface area (Å²) in [5.74, 6) is -0.752. The monoisotopic (exact) mass is 659 g/mol. The lowest BCUT2D eigenvalue weighted by Crippen LogP contribution is -2.51. The standard InChI is InChI=1S/C37H54ClNO7/c1-8-11-24(3)34-35(46-34)36(39-22-28-13-9-14-29(38)20-28)37(7,43)19-10-12-25(4)33-26(5)16-18-31(44-27(6)40)23(2)15-17-30(41)21-32(42)45-33/h9-10,12-14,16,18-20,23-24,26,30-31,33-36,39,41,43H,8,11,15,17,21-22H2,1-7H3. The van der Waals surface area contributed by atoms with E-state index in [1.165, 1.54) is 6.92 Å². The number of halogens is 1. The second-order valence-electron chi connectivity index (χ2n) is 13.5. The van der Waals surface area contributed by atoms with Crippen LogP contribution in [0.4, 0.5) is 0 Å². The molecule has 1 aromatic rings. The number of aliphatic hydroxyl groups excluding tert-OH is 1. The van der Waals surface area contributed by atoms with Crippen molar-refractivity contribution in [1.82, 2.24) is 5.32 Å². The summed E-state index contributed by atoms with van der Waals surface area (Å²) >= 11 is 6.21. The molecule has 0 saturated carbocycles. The third-order valence-corrected chi connectivity index (χ3v) is 9.28. The molecule has 3 N–H and O–H groups in total. The van der Waals surface area contributed by atoms with E-state index in [9.17, 15) is 19.8 Å². The van der Waals surface area contributed by atoms with Gasteiger partial charge in [0.15, 0.2) is 0 Å². The number of ether oxygens (including phenoxy) is 3. The molecular weight excluding hydrogens is 606 g/mol. The van der Waals surface area contributed by atoms with Crippen LogP contribution < -0.4 is 5.32 Å². The summed E-state index contributed by atoms with van der Waals surface area (Å²) in [6, 6.07) is 7.25. The largest absolute Gasteiger partial charge is 0.458 e. The number of esters is 2. The highest BCUT2D eigenvalue weighted by Crippen LogP contribution is 2.38. The first kappa shape index (κ1) is 38.0. The van der Waals surface area contributed by atoms with Crippen LogP contribution in [0, 0.1) is 17.8 Å². The van der Waals surface area contributed by atoms with Gasteiger partial charge in [-0.1, -0.05) is 82.2 Å². The number of cyclic esters (lactones) is 1. The number of rotatable bonds is 12. The molecule has 0 aromatic heterocycles. The Morgan fingerprint density at radius 3 is 2.63 bits per heavy atom. The van der Waals surface area contributed by atoms with Crippen molar-refractivity contribution in [2.24, 2.45) is 17.8 Å². The molecule has 2 aliphatic heterocycles. The van der Waals surface area contributed by atoms with Gasteiger partial charge in [0.2, 0.25) is 0 Å². The van der Waals surface area contributed by atoms with Gasteiger partial charge >= 0.3 is 11.9 Å². The van der Waals surface area contributed by atoms with Gasteiger partial charge in [0, 0.05) is 24.4 Å². The second-order valence-corrected chi connectivity index (χ2v) is 13.9. The Morgan fingerprint density at radius 1 is 1.22 bits per heavy atom. The smallest absolute Gasteiger partial charge is 0.309 e. The van der Waals surface area contributed by atoms with Crippen molar-refractivity contribution >= 4 is 23.5 Å². The van der Waals surface area contributed by atoms with Crippen LogP contribution in [0.2, 0.25) is 5.02 Å². The molecule has 0 radical (unpaired) electrons. The zero-order valence-electron chi connectivity index (χ0n) is 28.4. The van der Waals surface area contributed by atoms with Crippen molar-refractivity contribution in [2.45, 2.75) is 129 Å². The molecule has 0 spiro atoms. The molecule has 8 nitrogen and oxygen atoms in total.